The Labute approximate surface area is 175 Å². The zero-order valence-electron chi connectivity index (χ0n) is 16.0. The summed E-state index contributed by atoms with van der Waals surface area (Å²) >= 11 is 7.34. The van der Waals surface area contributed by atoms with Crippen LogP contribution in [-0.4, -0.2) is 33.9 Å². The Morgan fingerprint density at radius 2 is 2.17 bits per heavy atom. The maximum atomic E-state index is 13.0. The Balaban J connectivity index is 1.64. The predicted molar refractivity (Wildman–Crippen MR) is 108 cm³/mol. The van der Waals surface area contributed by atoms with Gasteiger partial charge < -0.3 is 14.6 Å². The third-order valence-corrected chi connectivity index (χ3v) is 6.31. The quantitative estimate of drug-likeness (QED) is 0.612. The second-order valence-corrected chi connectivity index (χ2v) is 8.32. The Kier molecular flexibility index (Phi) is 5.42. The van der Waals surface area contributed by atoms with Crippen molar-refractivity contribution in [3.8, 4) is 0 Å². The van der Waals surface area contributed by atoms with Crippen LogP contribution in [0.3, 0.4) is 0 Å². The van der Waals surface area contributed by atoms with Gasteiger partial charge in [0.2, 0.25) is 0 Å². The number of halogens is 1. The maximum Gasteiger partial charge on any atom is 0.341 e. The van der Waals surface area contributed by atoms with Gasteiger partial charge in [0.15, 0.2) is 5.69 Å². The molecule has 4 rings (SSSR count). The van der Waals surface area contributed by atoms with Gasteiger partial charge in [0, 0.05) is 16.6 Å². The number of esters is 1. The third-order valence-electron chi connectivity index (χ3n) is 4.91. The number of hydrogen-bond donors (Lipinski definition) is 1. The molecule has 0 unspecified atom stereocenters. The summed E-state index contributed by atoms with van der Waals surface area (Å²) in [5.74, 6) is -0.373. The van der Waals surface area contributed by atoms with Crippen LogP contribution in [0.4, 0.5) is 5.00 Å². The molecule has 0 saturated carbocycles. The van der Waals surface area contributed by atoms with Crippen LogP contribution in [0.2, 0.25) is 5.02 Å². The summed E-state index contributed by atoms with van der Waals surface area (Å²) in [6.07, 6.45) is 6.96. The minimum atomic E-state index is -0.446. The smallest absolute Gasteiger partial charge is 0.341 e. The van der Waals surface area contributed by atoms with Gasteiger partial charge in [0.05, 0.1) is 30.4 Å². The molecule has 0 atom stereocenters. The Bertz CT molecular complexity index is 1080. The van der Waals surface area contributed by atoms with Gasteiger partial charge in [-0.15, -0.1) is 11.3 Å². The number of nitrogens with one attached hydrogen (secondary N) is 1. The first-order valence-electron chi connectivity index (χ1n) is 9.15. The predicted octanol–water partition coefficient (Wildman–Crippen LogP) is 3.86. The largest absolute Gasteiger partial charge is 0.465 e. The van der Waals surface area contributed by atoms with Crippen LogP contribution < -0.4 is 5.32 Å². The first-order chi connectivity index (χ1) is 14.0. The number of ether oxygens (including phenoxy) is 1. The fraction of sp³-hybridized carbons (Fsp3) is 0.368. The monoisotopic (exact) mass is 434 g/mol. The van der Waals surface area contributed by atoms with Gasteiger partial charge in [-0.05, 0) is 38.2 Å². The molecule has 0 saturated heterocycles. The summed E-state index contributed by atoms with van der Waals surface area (Å²) in [6, 6.07) is 0. The summed E-state index contributed by atoms with van der Waals surface area (Å²) in [5, 5.41) is 11.9. The van der Waals surface area contributed by atoms with Crippen molar-refractivity contribution < 1.29 is 18.8 Å². The lowest BCUT2D eigenvalue weighted by Gasteiger charge is -2.11. The number of aromatic nitrogens is 3. The second kappa shape index (κ2) is 8.00. The molecular formula is C19H19ClN4O4S. The molecular weight excluding hydrogens is 416 g/mol. The van der Waals surface area contributed by atoms with Gasteiger partial charge in [0.1, 0.15) is 10.8 Å². The van der Waals surface area contributed by atoms with Crippen molar-refractivity contribution in [2.45, 2.75) is 39.2 Å². The van der Waals surface area contributed by atoms with Crippen molar-refractivity contribution in [2.24, 2.45) is 0 Å². The Morgan fingerprint density at radius 1 is 1.38 bits per heavy atom. The summed E-state index contributed by atoms with van der Waals surface area (Å²) < 4.78 is 11.8. The lowest BCUT2D eigenvalue weighted by Crippen LogP contribution is -2.17. The summed E-state index contributed by atoms with van der Waals surface area (Å²) in [5.41, 5.74) is 2.17. The number of carbonyl (C=O) groups excluding carboxylic acids is 2. The highest BCUT2D eigenvalue weighted by molar-refractivity contribution is 7.17. The van der Waals surface area contributed by atoms with Crippen LogP contribution in [0, 0.1) is 6.92 Å². The molecule has 1 aliphatic rings. The van der Waals surface area contributed by atoms with Crippen LogP contribution in [-0.2, 0) is 24.1 Å². The molecule has 3 heterocycles. The fourth-order valence-corrected chi connectivity index (χ4v) is 4.91. The fourth-order valence-electron chi connectivity index (χ4n) is 3.48. The van der Waals surface area contributed by atoms with Crippen LogP contribution in [0.5, 0.6) is 0 Å². The number of carbonyl (C=O) groups is 2. The molecule has 0 spiro atoms. The van der Waals surface area contributed by atoms with Gasteiger partial charge in [-0.2, -0.15) is 5.10 Å². The van der Waals surface area contributed by atoms with E-state index in [0.29, 0.717) is 26.9 Å². The first-order valence-corrected chi connectivity index (χ1v) is 10.3. The molecule has 0 radical (unpaired) electrons. The van der Waals surface area contributed by atoms with E-state index < -0.39 is 11.9 Å². The van der Waals surface area contributed by atoms with Crippen molar-refractivity contribution in [3.63, 3.8) is 0 Å². The molecule has 29 heavy (non-hydrogen) atoms. The molecule has 1 N–H and O–H groups in total. The van der Waals surface area contributed by atoms with Gasteiger partial charge in [0.25, 0.3) is 5.91 Å². The lowest BCUT2D eigenvalue weighted by atomic mass is 9.95. The van der Waals surface area contributed by atoms with Crippen LogP contribution in [0.25, 0.3) is 0 Å². The van der Waals surface area contributed by atoms with Crippen LogP contribution >= 0.6 is 22.9 Å². The lowest BCUT2D eigenvalue weighted by molar-refractivity contribution is 0.0601. The number of methoxy groups -OCH3 is 1. The average molecular weight is 435 g/mol. The van der Waals surface area contributed by atoms with E-state index in [0.717, 1.165) is 36.1 Å². The van der Waals surface area contributed by atoms with E-state index in [-0.39, 0.29) is 12.2 Å². The van der Waals surface area contributed by atoms with E-state index in [1.54, 1.807) is 17.8 Å². The third kappa shape index (κ3) is 3.79. The number of anilines is 1. The second-order valence-electron chi connectivity index (χ2n) is 6.78. The van der Waals surface area contributed by atoms with E-state index in [2.05, 4.69) is 15.6 Å². The normalized spacial score (nSPS) is 13.2. The van der Waals surface area contributed by atoms with Crippen molar-refractivity contribution in [1.29, 1.82) is 0 Å². The Morgan fingerprint density at radius 3 is 2.90 bits per heavy atom. The number of hydrogen-bond acceptors (Lipinski definition) is 7. The van der Waals surface area contributed by atoms with Crippen molar-refractivity contribution >= 4 is 39.8 Å². The molecule has 152 valence electrons. The molecule has 0 aromatic carbocycles. The Hall–Kier alpha value is -2.65. The first kappa shape index (κ1) is 19.7. The number of rotatable bonds is 5. The maximum absolute atomic E-state index is 13.0. The highest BCUT2D eigenvalue weighted by Crippen LogP contribution is 2.38. The van der Waals surface area contributed by atoms with E-state index in [9.17, 15) is 9.59 Å². The molecule has 3 aromatic rings. The van der Waals surface area contributed by atoms with Gasteiger partial charge in [-0.3, -0.25) is 9.48 Å². The van der Waals surface area contributed by atoms with E-state index >= 15 is 0 Å². The molecule has 1 amide bonds. The SMILES string of the molecule is COC(=O)c1c(NC(=O)c2noc(C)c2Cn2cc(Cl)cn2)sc2c1CCCC2. The highest BCUT2D eigenvalue weighted by atomic mass is 35.5. The number of aryl methyl sites for hydroxylation is 2. The van der Waals surface area contributed by atoms with Crippen molar-refractivity contribution in [1.82, 2.24) is 14.9 Å². The zero-order valence-corrected chi connectivity index (χ0v) is 17.5. The minimum absolute atomic E-state index is 0.149. The topological polar surface area (TPSA) is 99.2 Å². The average Bonchev–Trinajstić information content (AvgIpc) is 3.39. The number of nitrogens with zero attached hydrogens (tertiary/aromatic N) is 3. The van der Waals surface area contributed by atoms with Gasteiger partial charge >= 0.3 is 5.97 Å². The molecule has 0 bridgehead atoms. The van der Waals surface area contributed by atoms with E-state index in [4.69, 9.17) is 20.9 Å². The van der Waals surface area contributed by atoms with Crippen molar-refractivity contribution in [3.05, 3.63) is 50.4 Å². The number of amides is 1. The van der Waals surface area contributed by atoms with Gasteiger partial charge in [-0.1, -0.05) is 16.8 Å². The number of thiophene rings is 1. The highest BCUT2D eigenvalue weighted by Gasteiger charge is 2.28. The van der Waals surface area contributed by atoms with Gasteiger partial charge in [-0.25, -0.2) is 4.79 Å². The molecule has 10 heteroatoms. The van der Waals surface area contributed by atoms with E-state index in [1.807, 2.05) is 0 Å². The zero-order chi connectivity index (χ0) is 20.5. The molecule has 8 nitrogen and oxygen atoms in total. The summed E-state index contributed by atoms with van der Waals surface area (Å²) in [7, 11) is 1.34. The van der Waals surface area contributed by atoms with E-state index in [1.165, 1.54) is 24.6 Å². The van der Waals surface area contributed by atoms with Crippen LogP contribution in [0.1, 0.15) is 55.5 Å². The molecule has 0 aliphatic heterocycles. The minimum Gasteiger partial charge on any atom is -0.465 e. The van der Waals surface area contributed by atoms with Crippen molar-refractivity contribution in [2.75, 3.05) is 12.4 Å². The molecule has 3 aromatic heterocycles. The summed E-state index contributed by atoms with van der Waals surface area (Å²) in [4.78, 5) is 26.5. The number of fused-ring (bicyclic) bond motifs is 1. The summed E-state index contributed by atoms with van der Waals surface area (Å²) in [6.45, 7) is 2.02. The van der Waals surface area contributed by atoms with Crippen LogP contribution in [0.15, 0.2) is 16.9 Å². The molecule has 1 aliphatic carbocycles. The molecule has 0 fully saturated rings. The standard InChI is InChI=1S/C19H19ClN4O4S/c1-10-13(9-24-8-11(20)7-21-24)16(23-28-10)17(25)22-18-15(19(26)27-2)12-5-3-4-6-14(12)29-18/h7-8H,3-6,9H2,1-2H3,(H,22,25).